The summed E-state index contributed by atoms with van der Waals surface area (Å²) in [6.45, 7) is 4.44. The van der Waals surface area contributed by atoms with Gasteiger partial charge in [-0.2, -0.15) is 18.3 Å². The van der Waals surface area contributed by atoms with Crippen molar-refractivity contribution in [3.8, 4) is 0 Å². The largest absolute Gasteiger partial charge is 0.465 e. The van der Waals surface area contributed by atoms with Crippen molar-refractivity contribution in [2.75, 3.05) is 18.6 Å². The monoisotopic (exact) mass is 486 g/mol. The molecule has 0 radical (unpaired) electrons. The number of ether oxygens (including phenoxy) is 1. The van der Waals surface area contributed by atoms with Crippen LogP contribution in [-0.4, -0.2) is 35.3 Å². The van der Waals surface area contributed by atoms with Gasteiger partial charge in [0.1, 0.15) is 11.4 Å². The molecule has 0 bridgehead atoms. The topological polar surface area (TPSA) is 76.5 Å². The smallest absolute Gasteiger partial charge is 0.416 e. The quantitative estimate of drug-likeness (QED) is 0.519. The van der Waals surface area contributed by atoms with E-state index in [-0.39, 0.29) is 24.1 Å². The van der Waals surface area contributed by atoms with E-state index >= 15 is 0 Å². The number of rotatable bonds is 6. The summed E-state index contributed by atoms with van der Waals surface area (Å²) in [6.07, 6.45) is -4.47. The number of nitrogens with zero attached hydrogens (tertiary/aromatic N) is 3. The van der Waals surface area contributed by atoms with Gasteiger partial charge in [-0.3, -0.25) is 4.79 Å². The summed E-state index contributed by atoms with van der Waals surface area (Å²) in [5.74, 6) is -0.319. The van der Waals surface area contributed by atoms with Crippen LogP contribution in [0.15, 0.2) is 48.5 Å². The van der Waals surface area contributed by atoms with Crippen molar-refractivity contribution < 1.29 is 27.5 Å². The number of carbonyl (C=O) groups excluding carboxylic acids is 2. The van der Waals surface area contributed by atoms with E-state index in [1.54, 1.807) is 46.8 Å². The Morgan fingerprint density at radius 1 is 1.11 bits per heavy atom. The zero-order chi connectivity index (χ0) is 25.3. The van der Waals surface area contributed by atoms with E-state index in [0.717, 1.165) is 11.6 Å². The number of hydrogen-bond acceptors (Lipinski definition) is 5. The third-order valence-corrected chi connectivity index (χ3v) is 6.07. The van der Waals surface area contributed by atoms with Crippen molar-refractivity contribution in [1.82, 2.24) is 15.1 Å². The van der Waals surface area contributed by atoms with Gasteiger partial charge in [0.05, 0.1) is 36.5 Å². The van der Waals surface area contributed by atoms with Gasteiger partial charge in [0.15, 0.2) is 0 Å². The summed E-state index contributed by atoms with van der Waals surface area (Å²) in [5, 5.41) is 7.37. The first-order valence-electron chi connectivity index (χ1n) is 11.1. The number of aryl methyl sites for hydroxylation is 1. The van der Waals surface area contributed by atoms with Gasteiger partial charge in [-0.25, -0.2) is 9.48 Å². The molecule has 1 amide bonds. The minimum atomic E-state index is -4.47. The third kappa shape index (κ3) is 4.87. The van der Waals surface area contributed by atoms with Crippen molar-refractivity contribution in [2.45, 2.75) is 39.2 Å². The normalized spacial score (nSPS) is 13.9. The van der Waals surface area contributed by atoms with Gasteiger partial charge in [-0.1, -0.05) is 30.3 Å². The van der Waals surface area contributed by atoms with Gasteiger partial charge >= 0.3 is 12.1 Å². The fourth-order valence-electron chi connectivity index (χ4n) is 4.31. The molecule has 0 aliphatic carbocycles. The highest BCUT2D eigenvalue weighted by Crippen LogP contribution is 2.35. The molecule has 2 aromatic carbocycles. The number of halogens is 3. The molecule has 1 atom stereocenters. The number of alkyl halides is 3. The van der Waals surface area contributed by atoms with E-state index in [4.69, 9.17) is 4.74 Å². The van der Waals surface area contributed by atoms with E-state index in [2.05, 4.69) is 10.4 Å². The summed E-state index contributed by atoms with van der Waals surface area (Å²) in [7, 11) is 1.30. The van der Waals surface area contributed by atoms with Crippen LogP contribution in [0.2, 0.25) is 0 Å². The molecule has 1 aliphatic rings. The molecule has 2 heterocycles. The molecular weight excluding hydrogens is 461 g/mol. The summed E-state index contributed by atoms with van der Waals surface area (Å²) in [5.41, 5.74) is 1.46. The number of aromatic nitrogens is 2. The highest BCUT2D eigenvalue weighted by Gasteiger charge is 2.35. The maximum atomic E-state index is 13.5. The Balaban J connectivity index is 1.56. The summed E-state index contributed by atoms with van der Waals surface area (Å²) >= 11 is 0. The number of anilines is 1. The highest BCUT2D eigenvalue weighted by atomic mass is 19.4. The summed E-state index contributed by atoms with van der Waals surface area (Å²) < 4.78 is 46.9. The van der Waals surface area contributed by atoms with Crippen LogP contribution in [0.25, 0.3) is 0 Å². The van der Waals surface area contributed by atoms with E-state index in [9.17, 15) is 22.8 Å². The number of nitrogens with one attached hydrogen (secondary N) is 1. The number of benzene rings is 2. The number of esters is 1. The van der Waals surface area contributed by atoms with Crippen LogP contribution in [0.5, 0.6) is 0 Å². The average molecular weight is 486 g/mol. The van der Waals surface area contributed by atoms with Gasteiger partial charge < -0.3 is 15.0 Å². The molecule has 35 heavy (non-hydrogen) atoms. The molecule has 0 fully saturated rings. The molecule has 7 nitrogen and oxygen atoms in total. The van der Waals surface area contributed by atoms with Crippen LogP contribution in [-0.2, 0) is 24.0 Å². The molecule has 0 saturated carbocycles. The second-order valence-corrected chi connectivity index (χ2v) is 8.39. The predicted octanol–water partition coefficient (Wildman–Crippen LogP) is 4.51. The standard InChI is InChI=1S/C25H25F3N4O3/c1-15(17-8-10-18(11-9-17)24(34)35-3)29-22(33)21-16(2)30-32-13-12-31(23(21)32)14-19-6-4-5-7-20(19)25(26,27)28/h4-11,15H,12-14H2,1-3H3,(H,29,33)/t15-/m0/s1. The number of amides is 1. The second kappa shape index (κ2) is 9.44. The van der Waals surface area contributed by atoms with Gasteiger partial charge in [0.2, 0.25) is 0 Å². The lowest BCUT2D eigenvalue weighted by molar-refractivity contribution is -0.138. The first-order chi connectivity index (χ1) is 16.6. The molecular formula is C25H25F3N4O3. The Bertz CT molecular complexity index is 1250. The Morgan fingerprint density at radius 2 is 1.80 bits per heavy atom. The minimum absolute atomic E-state index is 0.00560. The summed E-state index contributed by atoms with van der Waals surface area (Å²) in [4.78, 5) is 26.7. The van der Waals surface area contributed by atoms with Crippen molar-refractivity contribution in [1.29, 1.82) is 0 Å². The number of hydrogen-bond donors (Lipinski definition) is 1. The van der Waals surface area contributed by atoms with E-state index in [1.165, 1.54) is 19.2 Å². The predicted molar refractivity (Wildman–Crippen MR) is 123 cm³/mol. The Hall–Kier alpha value is -3.82. The van der Waals surface area contributed by atoms with Crippen molar-refractivity contribution in [3.63, 3.8) is 0 Å². The minimum Gasteiger partial charge on any atom is -0.465 e. The molecule has 1 N–H and O–H groups in total. The molecule has 0 saturated heterocycles. The van der Waals surface area contributed by atoms with E-state index in [1.807, 2.05) is 6.92 Å². The van der Waals surface area contributed by atoms with Crippen LogP contribution < -0.4 is 10.2 Å². The lowest BCUT2D eigenvalue weighted by Gasteiger charge is -2.22. The van der Waals surface area contributed by atoms with Gasteiger partial charge in [-0.05, 0) is 43.2 Å². The van der Waals surface area contributed by atoms with Crippen molar-refractivity contribution in [3.05, 3.63) is 82.0 Å². The van der Waals surface area contributed by atoms with Crippen LogP contribution >= 0.6 is 0 Å². The van der Waals surface area contributed by atoms with Crippen LogP contribution in [0.4, 0.5) is 19.0 Å². The Labute approximate surface area is 200 Å². The Kier molecular flexibility index (Phi) is 6.56. The zero-order valence-corrected chi connectivity index (χ0v) is 19.5. The lowest BCUT2D eigenvalue weighted by atomic mass is 10.0. The molecule has 1 aliphatic heterocycles. The fraction of sp³-hybridized carbons (Fsp3) is 0.320. The van der Waals surface area contributed by atoms with E-state index in [0.29, 0.717) is 35.7 Å². The summed E-state index contributed by atoms with van der Waals surface area (Å²) in [6, 6.07) is 11.8. The molecule has 3 aromatic rings. The van der Waals surface area contributed by atoms with Gasteiger partial charge in [-0.15, -0.1) is 0 Å². The molecule has 1 aromatic heterocycles. The van der Waals surface area contributed by atoms with E-state index < -0.39 is 17.7 Å². The maximum Gasteiger partial charge on any atom is 0.416 e. The molecule has 0 spiro atoms. The number of methoxy groups -OCH3 is 1. The van der Waals surface area contributed by atoms with Gasteiger partial charge in [0, 0.05) is 13.1 Å². The first-order valence-corrected chi connectivity index (χ1v) is 11.1. The second-order valence-electron chi connectivity index (χ2n) is 8.39. The third-order valence-electron chi connectivity index (χ3n) is 6.07. The maximum absolute atomic E-state index is 13.5. The van der Waals surface area contributed by atoms with Crippen LogP contribution in [0.1, 0.15) is 56.1 Å². The molecule has 4 rings (SSSR count). The molecule has 10 heteroatoms. The zero-order valence-electron chi connectivity index (χ0n) is 19.5. The fourth-order valence-corrected chi connectivity index (χ4v) is 4.31. The molecule has 184 valence electrons. The average Bonchev–Trinajstić information content (AvgIpc) is 3.36. The highest BCUT2D eigenvalue weighted by molar-refractivity contribution is 6.00. The molecule has 0 unspecified atom stereocenters. The number of carbonyl (C=O) groups is 2. The van der Waals surface area contributed by atoms with Crippen molar-refractivity contribution in [2.24, 2.45) is 0 Å². The first kappa shape index (κ1) is 24.3. The van der Waals surface area contributed by atoms with Crippen molar-refractivity contribution >= 4 is 17.7 Å². The SMILES string of the molecule is COC(=O)c1ccc([C@H](C)NC(=O)c2c(C)nn3c2N(Cc2ccccc2C(F)(F)F)CC3)cc1. The number of fused-ring (bicyclic) bond motifs is 1. The van der Waals surface area contributed by atoms with Gasteiger partial charge in [0.25, 0.3) is 5.91 Å². The Morgan fingerprint density at radius 3 is 2.46 bits per heavy atom. The lowest BCUT2D eigenvalue weighted by Crippen LogP contribution is -2.30. The van der Waals surface area contributed by atoms with Crippen LogP contribution in [0, 0.1) is 6.92 Å². The van der Waals surface area contributed by atoms with Crippen LogP contribution in [0.3, 0.4) is 0 Å².